The Labute approximate surface area is 162 Å². The van der Waals surface area contributed by atoms with Crippen molar-refractivity contribution in [1.82, 2.24) is 0 Å². The lowest BCUT2D eigenvalue weighted by Crippen LogP contribution is -2.40. The highest BCUT2D eigenvalue weighted by atomic mass is 16.6. The third kappa shape index (κ3) is 3.11. The first-order chi connectivity index (χ1) is 12.7. The molecule has 0 aromatic heterocycles. The van der Waals surface area contributed by atoms with Crippen molar-refractivity contribution >= 4 is 17.9 Å². The van der Waals surface area contributed by atoms with Gasteiger partial charge in [0.2, 0.25) is 0 Å². The molecule has 5 nitrogen and oxygen atoms in total. The Bertz CT molecular complexity index is 628. The van der Waals surface area contributed by atoms with E-state index in [2.05, 4.69) is 20.8 Å². The van der Waals surface area contributed by atoms with Crippen LogP contribution in [-0.2, 0) is 23.9 Å². The minimum Gasteiger partial charge on any atom is -0.469 e. The van der Waals surface area contributed by atoms with Crippen LogP contribution in [0.25, 0.3) is 0 Å². The first-order valence-corrected chi connectivity index (χ1v) is 10.5. The maximum absolute atomic E-state index is 12.6. The smallest absolute Gasteiger partial charge is 0.317 e. The molecule has 2 saturated carbocycles. The van der Waals surface area contributed by atoms with Gasteiger partial charge in [-0.25, -0.2) is 0 Å². The van der Waals surface area contributed by atoms with Crippen molar-refractivity contribution in [3.8, 4) is 0 Å². The van der Waals surface area contributed by atoms with Crippen molar-refractivity contribution in [2.45, 2.75) is 60.3 Å². The van der Waals surface area contributed by atoms with Gasteiger partial charge in [0.1, 0.15) is 0 Å². The number of esters is 3. The van der Waals surface area contributed by atoms with Gasteiger partial charge >= 0.3 is 17.9 Å². The first kappa shape index (κ1) is 20.3. The van der Waals surface area contributed by atoms with Crippen molar-refractivity contribution in [2.75, 3.05) is 7.11 Å². The summed E-state index contributed by atoms with van der Waals surface area (Å²) in [4.78, 5) is 37.3. The van der Waals surface area contributed by atoms with Crippen LogP contribution in [0.5, 0.6) is 0 Å². The molecule has 1 saturated heterocycles. The summed E-state index contributed by atoms with van der Waals surface area (Å²) in [5, 5.41) is 0. The maximum Gasteiger partial charge on any atom is 0.317 e. The molecule has 9 unspecified atom stereocenters. The topological polar surface area (TPSA) is 69.7 Å². The fourth-order valence-corrected chi connectivity index (χ4v) is 6.41. The van der Waals surface area contributed by atoms with Crippen LogP contribution in [0, 0.1) is 52.8 Å². The minimum absolute atomic E-state index is 0.219. The Morgan fingerprint density at radius 3 is 2.30 bits per heavy atom. The molecule has 2 aliphatic carbocycles. The summed E-state index contributed by atoms with van der Waals surface area (Å²) in [6.45, 7) is 10.7. The minimum atomic E-state index is -0.632. The zero-order chi connectivity index (χ0) is 20.1. The molecule has 27 heavy (non-hydrogen) atoms. The fourth-order valence-electron chi connectivity index (χ4n) is 6.41. The van der Waals surface area contributed by atoms with Gasteiger partial charge < -0.3 is 9.47 Å². The average molecular weight is 379 g/mol. The number of carbonyl (C=O) groups is 3. The van der Waals surface area contributed by atoms with Crippen LogP contribution in [0.3, 0.4) is 0 Å². The number of methoxy groups -OCH3 is 1. The number of ether oxygens (including phenoxy) is 2. The normalized spacial score (nSPS) is 42.9. The molecule has 3 fully saturated rings. The molecule has 1 aliphatic heterocycles. The molecular formula is C22H34O5. The molecule has 0 aromatic carbocycles. The Morgan fingerprint density at radius 1 is 1.11 bits per heavy atom. The summed E-state index contributed by atoms with van der Waals surface area (Å²) in [7, 11) is 1.39. The van der Waals surface area contributed by atoms with Gasteiger partial charge in [0, 0.05) is 0 Å². The molecule has 9 atom stereocenters. The molecule has 0 N–H and O–H groups in total. The molecule has 3 aliphatic rings. The van der Waals surface area contributed by atoms with Gasteiger partial charge in [-0.05, 0) is 68.1 Å². The van der Waals surface area contributed by atoms with E-state index in [-0.39, 0.29) is 23.8 Å². The third-order valence-corrected chi connectivity index (χ3v) is 8.59. The van der Waals surface area contributed by atoms with Gasteiger partial charge in [0.15, 0.2) is 0 Å². The molecule has 1 heterocycles. The zero-order valence-corrected chi connectivity index (χ0v) is 17.5. The van der Waals surface area contributed by atoms with Crippen molar-refractivity contribution < 1.29 is 23.9 Å². The van der Waals surface area contributed by atoms with Crippen LogP contribution in [0.2, 0.25) is 0 Å². The van der Waals surface area contributed by atoms with Crippen LogP contribution in [-0.4, -0.2) is 25.0 Å². The summed E-state index contributed by atoms with van der Waals surface area (Å²) < 4.78 is 10.1. The second-order valence-electron chi connectivity index (χ2n) is 9.53. The zero-order valence-electron chi connectivity index (χ0n) is 17.5. The summed E-state index contributed by atoms with van der Waals surface area (Å²) in [5.74, 6) is 1.26. The van der Waals surface area contributed by atoms with E-state index >= 15 is 0 Å². The summed E-state index contributed by atoms with van der Waals surface area (Å²) in [6, 6.07) is 0. The second kappa shape index (κ2) is 7.21. The highest BCUT2D eigenvalue weighted by Crippen LogP contribution is 2.61. The Hall–Kier alpha value is -1.39. The van der Waals surface area contributed by atoms with Crippen molar-refractivity contribution in [2.24, 2.45) is 52.8 Å². The summed E-state index contributed by atoms with van der Waals surface area (Å²) in [5.41, 5.74) is -0.632. The average Bonchev–Trinajstić information content (AvgIpc) is 3.22. The van der Waals surface area contributed by atoms with Gasteiger partial charge in [-0.1, -0.05) is 27.7 Å². The third-order valence-electron chi connectivity index (χ3n) is 8.59. The molecule has 3 rings (SSSR count). The highest BCUT2D eigenvalue weighted by Gasteiger charge is 2.60. The van der Waals surface area contributed by atoms with Gasteiger partial charge in [-0.3, -0.25) is 14.4 Å². The molecular weight excluding hydrogens is 344 g/mol. The second-order valence-corrected chi connectivity index (χ2v) is 9.53. The van der Waals surface area contributed by atoms with E-state index in [1.807, 2.05) is 13.8 Å². The van der Waals surface area contributed by atoms with Gasteiger partial charge in [-0.15, -0.1) is 0 Å². The monoisotopic (exact) mass is 378 g/mol. The number of hydrogen-bond acceptors (Lipinski definition) is 5. The van der Waals surface area contributed by atoms with E-state index in [1.54, 1.807) is 0 Å². The molecule has 0 aromatic rings. The molecule has 2 bridgehead atoms. The first-order valence-electron chi connectivity index (χ1n) is 10.5. The number of cyclic esters (lactones) is 2. The predicted octanol–water partition coefficient (Wildman–Crippen LogP) is 3.85. The van der Waals surface area contributed by atoms with Crippen LogP contribution in [0.4, 0.5) is 0 Å². The lowest BCUT2D eigenvalue weighted by molar-refractivity contribution is -0.156. The Kier molecular flexibility index (Phi) is 5.44. The molecule has 152 valence electrons. The molecule has 0 radical (unpaired) electrons. The molecule has 0 spiro atoms. The highest BCUT2D eigenvalue weighted by molar-refractivity contribution is 5.96. The fraction of sp³-hybridized carbons (Fsp3) is 0.864. The lowest BCUT2D eigenvalue weighted by Gasteiger charge is -2.40. The van der Waals surface area contributed by atoms with Crippen LogP contribution in [0.15, 0.2) is 0 Å². The number of carbonyl (C=O) groups excluding carboxylic acids is 3. The number of hydrogen-bond donors (Lipinski definition) is 0. The Balaban J connectivity index is 1.80. The van der Waals surface area contributed by atoms with E-state index < -0.39 is 17.3 Å². The standard InChI is InChI=1S/C22H34O5/c1-7-22(5,21(25)26-6)9-8-14-18(20(24)27-19(14)23)17-13(4)15-10-16(17)12(3)11(15)2/h11-18H,7-10H2,1-6H3. The van der Waals surface area contributed by atoms with Gasteiger partial charge in [0.25, 0.3) is 0 Å². The van der Waals surface area contributed by atoms with Crippen molar-refractivity contribution in [3.63, 3.8) is 0 Å². The summed E-state index contributed by atoms with van der Waals surface area (Å²) >= 11 is 0. The quantitative estimate of drug-likeness (QED) is 0.519. The predicted molar refractivity (Wildman–Crippen MR) is 100 cm³/mol. The SMILES string of the molecule is CCC(C)(CCC1C(=O)OC(=O)C1C1C(C)C2CC1C(C)C2C)C(=O)OC. The number of rotatable bonds is 6. The van der Waals surface area contributed by atoms with Crippen LogP contribution >= 0.6 is 0 Å². The van der Waals surface area contributed by atoms with Crippen LogP contribution in [0.1, 0.15) is 60.3 Å². The van der Waals surface area contributed by atoms with Crippen molar-refractivity contribution in [1.29, 1.82) is 0 Å². The van der Waals surface area contributed by atoms with E-state index in [0.717, 1.165) is 6.42 Å². The maximum atomic E-state index is 12.6. The van der Waals surface area contributed by atoms with Gasteiger partial charge in [-0.2, -0.15) is 0 Å². The largest absolute Gasteiger partial charge is 0.469 e. The molecule has 0 amide bonds. The van der Waals surface area contributed by atoms with E-state index in [1.165, 1.54) is 7.11 Å². The van der Waals surface area contributed by atoms with E-state index in [4.69, 9.17) is 9.47 Å². The summed E-state index contributed by atoms with van der Waals surface area (Å²) in [6.07, 6.45) is 2.83. The van der Waals surface area contributed by atoms with E-state index in [0.29, 0.717) is 48.9 Å². The Morgan fingerprint density at radius 2 is 1.74 bits per heavy atom. The molecule has 5 heteroatoms. The van der Waals surface area contributed by atoms with Gasteiger partial charge in [0.05, 0.1) is 24.4 Å². The number of fused-ring (bicyclic) bond motifs is 2. The van der Waals surface area contributed by atoms with Crippen LogP contribution < -0.4 is 0 Å². The van der Waals surface area contributed by atoms with Crippen molar-refractivity contribution in [3.05, 3.63) is 0 Å². The van der Waals surface area contributed by atoms with E-state index in [9.17, 15) is 14.4 Å². The lowest BCUT2D eigenvalue weighted by atomic mass is 9.63.